The zero-order valence-corrected chi connectivity index (χ0v) is 21.3. The normalized spacial score (nSPS) is 15.6. The molecule has 13 heteroatoms. The number of aromatic nitrogens is 5. The third-order valence-corrected chi connectivity index (χ3v) is 6.68. The van der Waals surface area contributed by atoms with Crippen LogP contribution in [0.4, 0.5) is 29.2 Å². The fourth-order valence-corrected chi connectivity index (χ4v) is 4.55. The van der Waals surface area contributed by atoms with E-state index in [0.717, 1.165) is 29.3 Å². The summed E-state index contributed by atoms with van der Waals surface area (Å²) in [5.74, 6) is 0.0641. The molecule has 202 valence electrons. The van der Waals surface area contributed by atoms with E-state index in [1.54, 1.807) is 13.8 Å². The molecule has 4 aromatic rings. The molecule has 9 nitrogen and oxygen atoms in total. The van der Waals surface area contributed by atoms with Gasteiger partial charge in [-0.2, -0.15) is 27.8 Å². The number of benzene rings is 1. The maximum atomic E-state index is 13.5. The van der Waals surface area contributed by atoms with Crippen LogP contribution in [-0.4, -0.2) is 43.7 Å². The van der Waals surface area contributed by atoms with Gasteiger partial charge in [-0.05, 0) is 23.3 Å². The molecule has 0 amide bonds. The van der Waals surface area contributed by atoms with E-state index in [9.17, 15) is 22.4 Å². The Morgan fingerprint density at radius 3 is 2.68 bits per heavy atom. The average Bonchev–Trinajstić information content (AvgIpc) is 3.42. The van der Waals surface area contributed by atoms with Crippen LogP contribution in [0, 0.1) is 0 Å². The molecule has 2 N–H and O–H groups in total. The molecule has 0 fully saturated rings. The zero-order chi connectivity index (χ0) is 27.5. The molecule has 0 atom stereocenters. The van der Waals surface area contributed by atoms with Crippen molar-refractivity contribution in [3.8, 4) is 6.01 Å². The van der Waals surface area contributed by atoms with Crippen molar-refractivity contribution in [2.24, 2.45) is 0 Å². The topological polar surface area (TPSA) is 103 Å². The Labute approximate surface area is 214 Å². The van der Waals surface area contributed by atoms with E-state index in [-0.39, 0.29) is 34.1 Å². The van der Waals surface area contributed by atoms with Gasteiger partial charge in [0.15, 0.2) is 5.65 Å². The highest BCUT2D eigenvalue weighted by atomic mass is 19.4. The standard InChI is InChI=1S/C25H27F4N7O2/c1-23(2,11-26)18-10-38-22(33-18)36-19-16(20(37)35(36)13-25(27,28)29)9-31-21(34-19)32-15-5-6-17-14(7-15)8-30-12-24(17,3)4/h5-7,9-10,30H,8,11-13H2,1-4H3,(H,31,32,34). The smallest absolute Gasteiger partial charge is 0.408 e. The van der Waals surface area contributed by atoms with Gasteiger partial charge in [0.25, 0.3) is 5.56 Å². The molecular formula is C25H27F4N7O2. The Balaban J connectivity index is 1.60. The SMILES string of the molecule is CC(C)(CF)c1coc(-n2c3nc(Nc4ccc5c(c4)CNCC5(C)C)ncc3c(=O)n2CC(F)(F)F)n1. The van der Waals surface area contributed by atoms with Crippen LogP contribution in [0.2, 0.25) is 0 Å². The summed E-state index contributed by atoms with van der Waals surface area (Å²) in [5.41, 5.74) is 0.993. The van der Waals surface area contributed by atoms with Gasteiger partial charge in [0.2, 0.25) is 5.95 Å². The maximum absolute atomic E-state index is 13.5. The first-order valence-corrected chi connectivity index (χ1v) is 12.0. The van der Waals surface area contributed by atoms with E-state index < -0.39 is 30.4 Å². The second kappa shape index (κ2) is 8.93. The van der Waals surface area contributed by atoms with Crippen molar-refractivity contribution < 1.29 is 22.0 Å². The molecule has 0 unspecified atom stereocenters. The van der Waals surface area contributed by atoms with E-state index in [0.29, 0.717) is 16.9 Å². The van der Waals surface area contributed by atoms with Gasteiger partial charge >= 0.3 is 12.2 Å². The molecule has 0 spiro atoms. The number of alkyl halides is 4. The number of oxazole rings is 1. The lowest BCUT2D eigenvalue weighted by molar-refractivity contribution is -0.144. The molecule has 38 heavy (non-hydrogen) atoms. The average molecular weight is 534 g/mol. The molecular weight excluding hydrogens is 506 g/mol. The summed E-state index contributed by atoms with van der Waals surface area (Å²) in [4.78, 5) is 25.7. The fraction of sp³-hybridized carbons (Fsp3) is 0.440. The van der Waals surface area contributed by atoms with Crippen LogP contribution in [0.1, 0.15) is 44.5 Å². The third kappa shape index (κ3) is 4.66. The summed E-state index contributed by atoms with van der Waals surface area (Å²) in [6.07, 6.45) is -2.40. The number of fused-ring (bicyclic) bond motifs is 2. The molecule has 3 aromatic heterocycles. The second-order valence-electron chi connectivity index (χ2n) is 10.7. The minimum atomic E-state index is -4.72. The van der Waals surface area contributed by atoms with E-state index in [2.05, 4.69) is 39.4 Å². The van der Waals surface area contributed by atoms with Gasteiger partial charge in [0, 0.05) is 35.8 Å². The van der Waals surface area contributed by atoms with E-state index in [1.807, 2.05) is 18.2 Å². The molecule has 0 saturated carbocycles. The number of halogens is 4. The summed E-state index contributed by atoms with van der Waals surface area (Å²) in [6.45, 7) is 6.60. The van der Waals surface area contributed by atoms with Crippen molar-refractivity contribution in [1.82, 2.24) is 29.6 Å². The largest absolute Gasteiger partial charge is 0.430 e. The number of nitrogens with zero attached hydrogens (tertiary/aromatic N) is 5. The van der Waals surface area contributed by atoms with Crippen LogP contribution in [-0.2, 0) is 23.9 Å². The molecule has 0 aliphatic carbocycles. The van der Waals surface area contributed by atoms with Gasteiger partial charge < -0.3 is 15.1 Å². The molecule has 1 aromatic carbocycles. The maximum Gasteiger partial charge on any atom is 0.408 e. The van der Waals surface area contributed by atoms with Crippen LogP contribution in [0.5, 0.6) is 0 Å². The fourth-order valence-electron chi connectivity index (χ4n) is 4.55. The van der Waals surface area contributed by atoms with Crippen molar-refractivity contribution >= 4 is 22.7 Å². The van der Waals surface area contributed by atoms with Gasteiger partial charge in [-0.3, -0.25) is 9.18 Å². The summed E-state index contributed by atoms with van der Waals surface area (Å²) in [6, 6.07) is 5.51. The van der Waals surface area contributed by atoms with E-state index in [4.69, 9.17) is 4.42 Å². The first-order valence-electron chi connectivity index (χ1n) is 12.0. The van der Waals surface area contributed by atoms with Crippen LogP contribution in [0.3, 0.4) is 0 Å². The van der Waals surface area contributed by atoms with Crippen LogP contribution < -0.4 is 16.2 Å². The highest BCUT2D eigenvalue weighted by Crippen LogP contribution is 2.32. The number of rotatable bonds is 6. The van der Waals surface area contributed by atoms with E-state index in [1.165, 1.54) is 5.56 Å². The predicted molar refractivity (Wildman–Crippen MR) is 133 cm³/mol. The van der Waals surface area contributed by atoms with Gasteiger partial charge in [0.05, 0.1) is 5.69 Å². The number of nitrogens with one attached hydrogen (secondary N) is 2. The molecule has 4 heterocycles. The monoisotopic (exact) mass is 533 g/mol. The van der Waals surface area contributed by atoms with Crippen LogP contribution in [0.15, 0.2) is 39.9 Å². The molecule has 0 radical (unpaired) electrons. The summed E-state index contributed by atoms with van der Waals surface area (Å²) in [7, 11) is 0. The van der Waals surface area contributed by atoms with Gasteiger partial charge in [-0.1, -0.05) is 33.8 Å². The van der Waals surface area contributed by atoms with Gasteiger partial charge in [-0.15, -0.1) is 0 Å². The van der Waals surface area contributed by atoms with Crippen LogP contribution >= 0.6 is 0 Å². The lowest BCUT2D eigenvalue weighted by Gasteiger charge is -2.33. The minimum absolute atomic E-state index is 0.0371. The van der Waals surface area contributed by atoms with Crippen molar-refractivity contribution in [3.05, 3.63) is 57.8 Å². The first-order chi connectivity index (χ1) is 17.8. The third-order valence-electron chi connectivity index (χ3n) is 6.68. The lowest BCUT2D eigenvalue weighted by atomic mass is 9.79. The highest BCUT2D eigenvalue weighted by molar-refractivity contribution is 5.76. The Kier molecular flexibility index (Phi) is 6.08. The van der Waals surface area contributed by atoms with Crippen molar-refractivity contribution in [2.45, 2.75) is 57.8 Å². The second-order valence-corrected chi connectivity index (χ2v) is 10.7. The van der Waals surface area contributed by atoms with Crippen molar-refractivity contribution in [3.63, 3.8) is 0 Å². The number of hydrogen-bond acceptors (Lipinski definition) is 7. The van der Waals surface area contributed by atoms with Gasteiger partial charge in [0.1, 0.15) is 24.9 Å². The zero-order valence-electron chi connectivity index (χ0n) is 21.3. The lowest BCUT2D eigenvalue weighted by Crippen LogP contribution is -2.38. The van der Waals surface area contributed by atoms with Gasteiger partial charge in [-0.25, -0.2) is 9.67 Å². The summed E-state index contributed by atoms with van der Waals surface area (Å²) < 4.78 is 60.5. The molecule has 1 aliphatic heterocycles. The summed E-state index contributed by atoms with van der Waals surface area (Å²) in [5, 5.41) is 6.30. The number of anilines is 2. The Hall–Kier alpha value is -3.74. The quantitative estimate of drug-likeness (QED) is 0.352. The van der Waals surface area contributed by atoms with Crippen molar-refractivity contribution in [2.75, 3.05) is 18.5 Å². The molecule has 0 saturated heterocycles. The number of hydrogen-bond donors (Lipinski definition) is 2. The van der Waals surface area contributed by atoms with Crippen molar-refractivity contribution in [1.29, 1.82) is 0 Å². The Morgan fingerprint density at radius 2 is 1.97 bits per heavy atom. The molecule has 5 rings (SSSR count). The van der Waals surface area contributed by atoms with Crippen LogP contribution in [0.25, 0.3) is 17.0 Å². The summed E-state index contributed by atoms with van der Waals surface area (Å²) >= 11 is 0. The molecule has 1 aliphatic rings. The Morgan fingerprint density at radius 1 is 1.21 bits per heavy atom. The minimum Gasteiger partial charge on any atom is -0.430 e. The molecule has 0 bridgehead atoms. The van der Waals surface area contributed by atoms with E-state index >= 15 is 0 Å². The first kappa shape index (κ1) is 25.9. The highest BCUT2D eigenvalue weighted by Gasteiger charge is 2.34. The predicted octanol–water partition coefficient (Wildman–Crippen LogP) is 4.50. The Bertz CT molecular complexity index is 1570.